The fourth-order valence-corrected chi connectivity index (χ4v) is 2.38. The zero-order valence-electron chi connectivity index (χ0n) is 15.8. The first-order valence-corrected chi connectivity index (χ1v) is 8.77. The van der Waals surface area contributed by atoms with Gasteiger partial charge in [0.2, 0.25) is 0 Å². The normalized spacial score (nSPS) is 13.4. The molecule has 23 heavy (non-hydrogen) atoms. The van der Waals surface area contributed by atoms with Gasteiger partial charge in [-0.25, -0.2) is 9.59 Å². The van der Waals surface area contributed by atoms with Crippen molar-refractivity contribution in [3.05, 3.63) is 0 Å². The summed E-state index contributed by atoms with van der Waals surface area (Å²) < 4.78 is 11.3. The Hall–Kier alpha value is -1.46. The topological polar surface area (TPSA) is 59.1 Å². The Morgan fingerprint density at radius 3 is 1.48 bits per heavy atom. The van der Waals surface area contributed by atoms with Crippen LogP contribution in [0.3, 0.4) is 0 Å². The van der Waals surface area contributed by atoms with Gasteiger partial charge in [-0.05, 0) is 40.0 Å². The summed E-state index contributed by atoms with van der Waals surface area (Å²) in [4.78, 5) is 27.6. The van der Waals surface area contributed by atoms with Gasteiger partial charge in [0.25, 0.3) is 0 Å². The third-order valence-corrected chi connectivity index (χ3v) is 3.96. The van der Waals surface area contributed by atoms with Crippen LogP contribution in [0.4, 0.5) is 9.59 Å². The van der Waals surface area contributed by atoms with E-state index in [9.17, 15) is 9.59 Å². The van der Waals surface area contributed by atoms with Gasteiger partial charge < -0.3 is 19.3 Å². The van der Waals surface area contributed by atoms with Crippen LogP contribution in [-0.4, -0.2) is 60.4 Å². The van der Waals surface area contributed by atoms with Crippen LogP contribution >= 0.6 is 0 Å². The second kappa shape index (κ2) is 11.1. The van der Waals surface area contributed by atoms with E-state index < -0.39 is 12.2 Å². The van der Waals surface area contributed by atoms with E-state index in [4.69, 9.17) is 9.47 Å². The van der Waals surface area contributed by atoms with Gasteiger partial charge in [0.05, 0.1) is 0 Å². The molecule has 2 atom stereocenters. The molecular weight excluding hydrogens is 296 g/mol. The van der Waals surface area contributed by atoms with E-state index in [-0.39, 0.29) is 18.1 Å². The summed E-state index contributed by atoms with van der Waals surface area (Å²) in [7, 11) is 0. The van der Waals surface area contributed by atoms with Gasteiger partial charge in [-0.1, -0.05) is 20.8 Å². The van der Waals surface area contributed by atoms with E-state index in [1.54, 1.807) is 9.80 Å². The number of nitrogens with zero attached hydrogens (tertiary/aromatic N) is 2. The zero-order valence-corrected chi connectivity index (χ0v) is 15.8. The summed E-state index contributed by atoms with van der Waals surface area (Å²) in [6, 6.07) is 0. The highest BCUT2D eigenvalue weighted by molar-refractivity contribution is 5.69. The lowest BCUT2D eigenvalue weighted by molar-refractivity contribution is -0.0487. The SMILES string of the molecule is CCC(OC(=O)N(CC)CC)C(OC(=O)N(CC)CC)C(C)C. The molecule has 0 saturated heterocycles. The maximum absolute atomic E-state index is 12.2. The van der Waals surface area contributed by atoms with Crippen molar-refractivity contribution in [3.63, 3.8) is 0 Å². The van der Waals surface area contributed by atoms with Gasteiger partial charge >= 0.3 is 12.2 Å². The quantitative estimate of drug-likeness (QED) is 0.646. The standard InChI is InChI=1S/C17H34N2O4/c1-8-14(22-16(20)18(9-2)10-3)15(13(6)7)23-17(21)19(11-4)12-5/h13-15H,8-12H2,1-7H3. The average molecular weight is 330 g/mol. The van der Waals surface area contributed by atoms with E-state index in [1.165, 1.54) is 0 Å². The Bertz CT molecular complexity index is 353. The van der Waals surface area contributed by atoms with Crippen LogP contribution < -0.4 is 0 Å². The molecule has 0 radical (unpaired) electrons. The molecular formula is C17H34N2O4. The molecule has 2 amide bonds. The molecule has 0 aliphatic carbocycles. The fourth-order valence-electron chi connectivity index (χ4n) is 2.38. The van der Waals surface area contributed by atoms with Crippen LogP contribution in [0, 0.1) is 5.92 Å². The van der Waals surface area contributed by atoms with Gasteiger partial charge in [-0.3, -0.25) is 0 Å². The third kappa shape index (κ3) is 6.67. The Labute approximate surface area is 141 Å². The Morgan fingerprint density at radius 1 is 0.783 bits per heavy atom. The summed E-state index contributed by atoms with van der Waals surface area (Å²) in [6.07, 6.45) is -1.01. The molecule has 2 unspecified atom stereocenters. The molecule has 0 saturated carbocycles. The largest absolute Gasteiger partial charge is 0.442 e. The first-order chi connectivity index (χ1) is 10.9. The van der Waals surface area contributed by atoms with Crippen LogP contribution in [0.15, 0.2) is 0 Å². The third-order valence-electron chi connectivity index (χ3n) is 3.96. The van der Waals surface area contributed by atoms with Gasteiger partial charge in [-0.2, -0.15) is 0 Å². The summed E-state index contributed by atoms with van der Waals surface area (Å²) in [6.45, 7) is 15.9. The summed E-state index contributed by atoms with van der Waals surface area (Å²) >= 11 is 0. The van der Waals surface area contributed by atoms with Crippen molar-refractivity contribution in [2.24, 2.45) is 5.92 Å². The smallest absolute Gasteiger partial charge is 0.410 e. The lowest BCUT2D eigenvalue weighted by atomic mass is 10.00. The molecule has 0 aromatic heterocycles. The molecule has 0 N–H and O–H groups in total. The van der Waals surface area contributed by atoms with E-state index in [0.29, 0.717) is 32.6 Å². The fraction of sp³-hybridized carbons (Fsp3) is 0.882. The second-order valence-corrected chi connectivity index (χ2v) is 5.77. The molecule has 0 bridgehead atoms. The lowest BCUT2D eigenvalue weighted by Crippen LogP contribution is -2.44. The molecule has 0 spiro atoms. The molecule has 0 fully saturated rings. The average Bonchev–Trinajstić information content (AvgIpc) is 2.52. The highest BCUT2D eigenvalue weighted by Gasteiger charge is 2.32. The number of ether oxygens (including phenoxy) is 2. The van der Waals surface area contributed by atoms with Crippen molar-refractivity contribution >= 4 is 12.2 Å². The van der Waals surface area contributed by atoms with Gasteiger partial charge in [0, 0.05) is 26.2 Å². The van der Waals surface area contributed by atoms with Crippen molar-refractivity contribution < 1.29 is 19.1 Å². The number of carbonyl (C=O) groups is 2. The van der Waals surface area contributed by atoms with Gasteiger partial charge in [0.1, 0.15) is 12.2 Å². The highest BCUT2D eigenvalue weighted by atomic mass is 16.6. The second-order valence-electron chi connectivity index (χ2n) is 5.77. The number of hydrogen-bond acceptors (Lipinski definition) is 4. The van der Waals surface area contributed by atoms with Crippen LogP contribution in [0.2, 0.25) is 0 Å². The molecule has 0 aromatic rings. The van der Waals surface area contributed by atoms with Crippen LogP contribution in [0.25, 0.3) is 0 Å². The monoisotopic (exact) mass is 330 g/mol. The molecule has 0 rings (SSSR count). The maximum Gasteiger partial charge on any atom is 0.410 e. The predicted octanol–water partition coefficient (Wildman–Crippen LogP) is 3.75. The van der Waals surface area contributed by atoms with Crippen molar-refractivity contribution in [2.75, 3.05) is 26.2 Å². The van der Waals surface area contributed by atoms with Crippen LogP contribution in [0.5, 0.6) is 0 Å². The molecule has 136 valence electrons. The first-order valence-electron chi connectivity index (χ1n) is 8.77. The number of amides is 2. The minimum atomic E-state index is -0.451. The molecule has 0 aromatic carbocycles. The molecule has 0 aliphatic rings. The summed E-state index contributed by atoms with van der Waals surface area (Å²) in [5.41, 5.74) is 0. The van der Waals surface area contributed by atoms with Crippen molar-refractivity contribution in [1.29, 1.82) is 0 Å². The predicted molar refractivity (Wildman–Crippen MR) is 91.5 cm³/mol. The minimum Gasteiger partial charge on any atom is -0.442 e. The van der Waals surface area contributed by atoms with E-state index in [1.807, 2.05) is 48.5 Å². The summed E-state index contributed by atoms with van der Waals surface area (Å²) in [5.74, 6) is 0.0592. The minimum absolute atomic E-state index is 0.0592. The molecule has 0 heterocycles. The Morgan fingerprint density at radius 2 is 1.17 bits per heavy atom. The lowest BCUT2D eigenvalue weighted by Gasteiger charge is -2.32. The maximum atomic E-state index is 12.2. The highest BCUT2D eigenvalue weighted by Crippen LogP contribution is 2.19. The van der Waals surface area contributed by atoms with E-state index in [0.717, 1.165) is 0 Å². The Kier molecular flexibility index (Phi) is 10.4. The number of hydrogen-bond donors (Lipinski definition) is 0. The summed E-state index contributed by atoms with van der Waals surface area (Å²) in [5, 5.41) is 0. The number of carbonyl (C=O) groups excluding carboxylic acids is 2. The van der Waals surface area contributed by atoms with Crippen molar-refractivity contribution in [1.82, 2.24) is 9.80 Å². The van der Waals surface area contributed by atoms with Gasteiger partial charge in [0.15, 0.2) is 0 Å². The van der Waals surface area contributed by atoms with Crippen LogP contribution in [0.1, 0.15) is 54.9 Å². The van der Waals surface area contributed by atoms with E-state index >= 15 is 0 Å². The number of rotatable bonds is 9. The first kappa shape index (κ1) is 21.5. The molecule has 6 nitrogen and oxygen atoms in total. The zero-order chi connectivity index (χ0) is 18.0. The van der Waals surface area contributed by atoms with Crippen molar-refractivity contribution in [2.45, 2.75) is 67.1 Å². The van der Waals surface area contributed by atoms with Gasteiger partial charge in [-0.15, -0.1) is 0 Å². The molecule has 6 heteroatoms. The van der Waals surface area contributed by atoms with E-state index in [2.05, 4.69) is 0 Å². The van der Waals surface area contributed by atoms with Crippen molar-refractivity contribution in [3.8, 4) is 0 Å². The Balaban J connectivity index is 5.02. The molecule has 0 aliphatic heterocycles. The van der Waals surface area contributed by atoms with Crippen LogP contribution in [-0.2, 0) is 9.47 Å².